The summed E-state index contributed by atoms with van der Waals surface area (Å²) in [7, 11) is 4.46. The lowest BCUT2D eigenvalue weighted by molar-refractivity contribution is -0.149. The van der Waals surface area contributed by atoms with Crippen LogP contribution < -0.4 is 10.6 Å². The number of carbonyl (C=O) groups is 6. The molecule has 89 heavy (non-hydrogen) atoms. The molecule has 0 bridgehead atoms. The number of methoxy groups -OCH3 is 2. The molecule has 0 aliphatic carbocycles. The largest absolute Gasteiger partial charge is 0.464 e. The topological polar surface area (TPSA) is 232 Å². The maximum atomic E-state index is 14.8. The smallest absolute Gasteiger partial charge is 0.357 e. The van der Waals surface area contributed by atoms with E-state index in [1.807, 2.05) is 53.6 Å². The Morgan fingerprint density at radius 1 is 0.618 bits per heavy atom. The highest BCUT2D eigenvalue weighted by atomic mass is 32.1. The third kappa shape index (κ3) is 24.5. The van der Waals surface area contributed by atoms with Gasteiger partial charge in [-0.15, -0.1) is 22.7 Å². The number of ether oxygens (including phenoxy) is 4. The minimum absolute atomic E-state index is 0.0226. The molecule has 2 fully saturated rings. The lowest BCUT2D eigenvalue weighted by atomic mass is 9.92. The van der Waals surface area contributed by atoms with E-state index in [2.05, 4.69) is 80.8 Å². The number of aliphatic hydroxyl groups is 1. The molecule has 20 nitrogen and oxygen atoms in total. The molecule has 0 saturated carbocycles. The summed E-state index contributed by atoms with van der Waals surface area (Å²) < 4.78 is 29.1. The Morgan fingerprint density at radius 2 is 1.02 bits per heavy atom. The second-order valence-corrected chi connectivity index (χ2v) is 31.9. The van der Waals surface area contributed by atoms with Crippen LogP contribution in [-0.4, -0.2) is 183 Å². The number of amides is 4. The minimum atomic E-state index is -2.13. The highest BCUT2D eigenvalue weighted by molar-refractivity contribution is 7.10. The average molecular weight is 1310 g/mol. The number of carbonyl (C=O) groups excluding carboxylic acids is 6. The Labute approximate surface area is 544 Å². The van der Waals surface area contributed by atoms with Crippen molar-refractivity contribution in [1.82, 2.24) is 40.2 Å². The molecule has 2 aliphatic rings. The number of likely N-dealkylation sites (tertiary alicyclic amines) is 2. The quantitative estimate of drug-likeness (QED) is 0.0244. The van der Waals surface area contributed by atoms with Gasteiger partial charge >= 0.3 is 11.9 Å². The first kappa shape index (κ1) is 79.3. The van der Waals surface area contributed by atoms with Crippen LogP contribution in [0.15, 0.2) is 10.8 Å². The number of likely N-dealkylation sites (N-methyl/N-ethyl adjacent to an activating group) is 2. The number of esters is 2. The number of aromatic nitrogens is 2. The highest BCUT2D eigenvalue weighted by Gasteiger charge is 2.42. The van der Waals surface area contributed by atoms with Crippen LogP contribution >= 0.6 is 22.7 Å². The lowest BCUT2D eigenvalue weighted by Gasteiger charge is -2.41. The predicted octanol–water partition coefficient (Wildman–Crippen LogP) is 11.8. The van der Waals surface area contributed by atoms with Crippen LogP contribution in [0.2, 0.25) is 18.1 Å². The molecule has 510 valence electrons. The van der Waals surface area contributed by atoms with Crippen molar-refractivity contribution in [3.63, 3.8) is 0 Å². The molecule has 2 aromatic heterocycles. The molecular weight excluding hydrogens is 1190 g/mol. The van der Waals surface area contributed by atoms with E-state index < -0.39 is 50.6 Å². The van der Waals surface area contributed by atoms with Crippen LogP contribution in [0, 0.1) is 23.7 Å². The lowest BCUT2D eigenvalue weighted by Crippen LogP contribution is -2.59. The number of thiazole rings is 2. The van der Waals surface area contributed by atoms with Gasteiger partial charge in [0.15, 0.2) is 19.7 Å². The van der Waals surface area contributed by atoms with E-state index in [9.17, 15) is 33.9 Å². The van der Waals surface area contributed by atoms with E-state index in [1.54, 1.807) is 15.7 Å². The molecule has 3 N–H and O–H groups in total. The molecule has 23 heteroatoms. The van der Waals surface area contributed by atoms with Gasteiger partial charge in [0.2, 0.25) is 23.6 Å². The first-order valence-electron chi connectivity index (χ1n) is 33.7. The molecule has 0 aromatic carbocycles. The number of nitrogens with one attached hydrogen (secondary N) is 2. The van der Waals surface area contributed by atoms with E-state index in [1.165, 1.54) is 36.9 Å². The predicted molar refractivity (Wildman–Crippen MR) is 357 cm³/mol. The first-order chi connectivity index (χ1) is 42.5. The van der Waals surface area contributed by atoms with Gasteiger partial charge in [-0.2, -0.15) is 0 Å². The van der Waals surface area contributed by atoms with Crippen molar-refractivity contribution >= 4 is 66.6 Å². The Morgan fingerprint density at radius 3 is 1.39 bits per heavy atom. The molecule has 2 unspecified atom stereocenters. The molecule has 4 heterocycles. The fourth-order valence-corrected chi connectivity index (χ4v) is 16.3. The van der Waals surface area contributed by atoms with Crippen LogP contribution in [0.5, 0.6) is 0 Å². The van der Waals surface area contributed by atoms with Crippen LogP contribution in [0.3, 0.4) is 0 Å². The van der Waals surface area contributed by atoms with E-state index >= 15 is 0 Å². The SMILES string of the molecule is CCCCCOCN(C(=O)[C@@H](NC(=O)[C@H]1CCCCN1C)C(C)CC)[C@H](C[C@@H](O)c1nc(C(=O)OC)cs1)C(C)C.CCCCCOCN(C(=O)[C@@H](NC(=O)[C@H]1CCCCN1C)C(C)CC)[C@H](C[C@@H](O[Si](CC)(CC)CC)c1nc(C(=O)OC)cs1)C(C)C. The van der Waals surface area contributed by atoms with Crippen LogP contribution in [0.4, 0.5) is 0 Å². The number of unbranched alkanes of at least 4 members (excludes halogenated alkanes) is 4. The zero-order valence-corrected chi connectivity index (χ0v) is 60.3. The Hall–Kier alpha value is -3.94. The van der Waals surface area contributed by atoms with Gasteiger partial charge in [-0.05, 0) is 114 Å². The zero-order chi connectivity index (χ0) is 66.4. The van der Waals surface area contributed by atoms with Crippen molar-refractivity contribution in [1.29, 1.82) is 0 Å². The molecule has 4 rings (SSSR count). The Balaban J connectivity index is 0.000000471. The summed E-state index contributed by atoms with van der Waals surface area (Å²) in [4.78, 5) is 97.2. The monoisotopic (exact) mass is 1310 g/mol. The Kier molecular flexibility index (Phi) is 37.1. The third-order valence-electron chi connectivity index (χ3n) is 18.5. The molecular formula is C66H118N8O12S2Si. The molecule has 4 amide bonds. The van der Waals surface area contributed by atoms with E-state index in [4.69, 9.17) is 28.4 Å². The highest BCUT2D eigenvalue weighted by Crippen LogP contribution is 2.37. The summed E-state index contributed by atoms with van der Waals surface area (Å²) in [6, 6.07) is 0.326. The molecule has 10 atom stereocenters. The van der Waals surface area contributed by atoms with Crippen molar-refractivity contribution in [3.8, 4) is 0 Å². The van der Waals surface area contributed by atoms with Gasteiger partial charge in [-0.3, -0.25) is 29.0 Å². The maximum absolute atomic E-state index is 14.8. The van der Waals surface area contributed by atoms with Crippen molar-refractivity contribution in [3.05, 3.63) is 32.2 Å². The molecule has 2 aromatic rings. The van der Waals surface area contributed by atoms with Gasteiger partial charge in [-0.25, -0.2) is 19.6 Å². The van der Waals surface area contributed by atoms with Gasteiger partial charge in [0.05, 0.1) is 32.4 Å². The number of aliphatic hydroxyl groups excluding tert-OH is 1. The fourth-order valence-electron chi connectivity index (χ4n) is 11.8. The van der Waals surface area contributed by atoms with Crippen LogP contribution in [0.25, 0.3) is 0 Å². The number of hydrogen-bond donors (Lipinski definition) is 3. The van der Waals surface area contributed by atoms with Crippen molar-refractivity contribution in [2.24, 2.45) is 23.7 Å². The standard InChI is InChI=1S/C36H66N4O6SSi.C30H52N4O6S/c1-11-16-19-22-45-25-40(35(42)32(27(8)12-2)38-33(41)29-20-17-18-21-39(29)9)30(26(6)7)23-31(46-48(13-3,14-4)15-5)34-37-28(24-47-34)36(43)44-10;1-8-10-13-16-40-19-34(24(20(3)4)17-25(35)28-31-22(18-41-28)30(38)39-7)29(37)26(21(5)9-2)32-27(36)23-14-11-12-15-33(23)6/h24,26-27,29-32H,11-23,25H2,1-10H3,(H,38,41);18,20-21,23-26,35H,8-17,19H2,1-7H3,(H,32,36)/t27?,29-,30-,31-,32+;21?,23-,24-,25-,26+/m11/s1. The van der Waals surface area contributed by atoms with Gasteiger partial charge in [-0.1, -0.05) is 141 Å². The summed E-state index contributed by atoms with van der Waals surface area (Å²) in [6.45, 7) is 30.2. The number of hydrogen-bond acceptors (Lipinski definition) is 18. The fraction of sp³-hybridized carbons (Fsp3) is 0.818. The summed E-state index contributed by atoms with van der Waals surface area (Å²) in [6.07, 6.45) is 12.5. The molecule has 0 spiro atoms. The van der Waals surface area contributed by atoms with Gasteiger partial charge < -0.3 is 48.9 Å². The second kappa shape index (κ2) is 41.6. The summed E-state index contributed by atoms with van der Waals surface area (Å²) >= 11 is 2.59. The average Bonchev–Trinajstić information content (AvgIpc) is 4.21. The van der Waals surface area contributed by atoms with Crippen LogP contribution in [-0.2, 0) is 42.6 Å². The van der Waals surface area contributed by atoms with Gasteiger partial charge in [0.1, 0.15) is 41.7 Å². The normalized spacial score (nSPS) is 18.6. The van der Waals surface area contributed by atoms with Gasteiger partial charge in [0, 0.05) is 42.5 Å². The number of nitrogens with zero attached hydrogens (tertiary/aromatic N) is 6. The molecule has 0 radical (unpaired) electrons. The molecule has 2 saturated heterocycles. The summed E-state index contributed by atoms with van der Waals surface area (Å²) in [5, 5.41) is 21.9. The second-order valence-electron chi connectivity index (χ2n) is 25.4. The van der Waals surface area contributed by atoms with E-state index in [0.717, 1.165) is 120 Å². The zero-order valence-electron chi connectivity index (χ0n) is 57.7. The summed E-state index contributed by atoms with van der Waals surface area (Å²) in [5.74, 6) is -1.70. The Bertz CT molecular complexity index is 2390. The number of rotatable bonds is 39. The van der Waals surface area contributed by atoms with Crippen molar-refractivity contribution in [2.45, 2.75) is 259 Å². The molecule has 2 aliphatic heterocycles. The first-order valence-corrected chi connectivity index (χ1v) is 38.0. The minimum Gasteiger partial charge on any atom is -0.464 e. The van der Waals surface area contributed by atoms with Gasteiger partial charge in [0.25, 0.3) is 0 Å². The third-order valence-corrected chi connectivity index (χ3v) is 25.0. The van der Waals surface area contributed by atoms with Crippen molar-refractivity contribution < 1.29 is 57.2 Å². The number of piperidine rings is 2. The summed E-state index contributed by atoms with van der Waals surface area (Å²) in [5.41, 5.74) is 0.412. The van der Waals surface area contributed by atoms with E-state index in [-0.39, 0.29) is 96.7 Å². The van der Waals surface area contributed by atoms with Crippen molar-refractivity contribution in [2.75, 3.05) is 68.1 Å². The van der Waals surface area contributed by atoms with Crippen LogP contribution in [0.1, 0.15) is 236 Å². The van der Waals surface area contributed by atoms with E-state index in [0.29, 0.717) is 31.1 Å². The maximum Gasteiger partial charge on any atom is 0.357 e.